The summed E-state index contributed by atoms with van der Waals surface area (Å²) in [6, 6.07) is 4.64. The number of aromatic amines is 1. The van der Waals surface area contributed by atoms with Gasteiger partial charge in [0.2, 0.25) is 5.91 Å². The molecule has 0 aliphatic heterocycles. The number of nitrogens with one attached hydrogen (secondary N) is 2. The third-order valence-corrected chi connectivity index (χ3v) is 3.98. The van der Waals surface area contributed by atoms with Crippen molar-refractivity contribution in [1.29, 1.82) is 0 Å². The molecule has 3 heterocycles. The van der Waals surface area contributed by atoms with Gasteiger partial charge in [-0.3, -0.25) is 4.79 Å². The van der Waals surface area contributed by atoms with Crippen molar-refractivity contribution in [1.82, 2.24) is 19.9 Å². The molecule has 10 heteroatoms. The SMILES string of the molecule is O=C(Nc1cc2[nH]c(-c3ccnc(OCC(F)(F)F)n3)cc2cn1)C1CC1. The lowest BCUT2D eigenvalue weighted by atomic mass is 10.2. The van der Waals surface area contributed by atoms with Crippen molar-refractivity contribution in [3.05, 3.63) is 30.6 Å². The summed E-state index contributed by atoms with van der Waals surface area (Å²) in [5.41, 5.74) is 1.65. The molecule has 7 nitrogen and oxygen atoms in total. The number of hydrogen-bond acceptors (Lipinski definition) is 5. The molecule has 0 unspecified atom stereocenters. The van der Waals surface area contributed by atoms with Gasteiger partial charge in [-0.25, -0.2) is 9.97 Å². The number of amides is 1. The highest BCUT2D eigenvalue weighted by Crippen LogP contribution is 2.30. The summed E-state index contributed by atoms with van der Waals surface area (Å²) >= 11 is 0. The zero-order valence-corrected chi connectivity index (χ0v) is 13.9. The number of fused-ring (bicyclic) bond motifs is 1. The van der Waals surface area contributed by atoms with Gasteiger partial charge >= 0.3 is 12.2 Å². The van der Waals surface area contributed by atoms with Crippen LogP contribution in [0.1, 0.15) is 12.8 Å². The third-order valence-electron chi connectivity index (χ3n) is 3.98. The second-order valence-corrected chi connectivity index (χ2v) is 6.23. The van der Waals surface area contributed by atoms with Crippen LogP contribution in [0, 0.1) is 5.92 Å². The maximum atomic E-state index is 12.3. The lowest BCUT2D eigenvalue weighted by Crippen LogP contribution is -2.20. The summed E-state index contributed by atoms with van der Waals surface area (Å²) in [5, 5.41) is 3.53. The van der Waals surface area contributed by atoms with Gasteiger partial charge < -0.3 is 15.0 Å². The Kier molecular flexibility index (Phi) is 4.17. The number of ether oxygens (including phenoxy) is 1. The average Bonchev–Trinajstić information content (AvgIpc) is 3.39. The maximum absolute atomic E-state index is 12.3. The Labute approximate surface area is 151 Å². The minimum atomic E-state index is -4.46. The van der Waals surface area contributed by atoms with Crippen LogP contribution in [0.2, 0.25) is 0 Å². The van der Waals surface area contributed by atoms with E-state index in [1.165, 1.54) is 6.20 Å². The van der Waals surface area contributed by atoms with E-state index in [2.05, 4.69) is 30.0 Å². The monoisotopic (exact) mass is 377 g/mol. The van der Waals surface area contributed by atoms with Gasteiger partial charge in [0.25, 0.3) is 0 Å². The summed E-state index contributed by atoms with van der Waals surface area (Å²) in [6.07, 6.45) is 0.243. The lowest BCUT2D eigenvalue weighted by Gasteiger charge is -2.07. The molecule has 0 aromatic carbocycles. The summed E-state index contributed by atoms with van der Waals surface area (Å²) in [6.45, 7) is -1.46. The standard InChI is InChI=1S/C17H14F3N5O2/c18-17(19,20)8-27-16-21-4-3-11(24-16)13-5-10-7-22-14(6-12(10)23-13)25-15(26)9-1-2-9/h3-7,9,23H,1-2,8H2,(H,22,25,26). The van der Waals surface area contributed by atoms with Gasteiger partial charge in [0.1, 0.15) is 5.82 Å². The highest BCUT2D eigenvalue weighted by molar-refractivity contribution is 5.95. The number of rotatable bonds is 5. The van der Waals surface area contributed by atoms with E-state index in [-0.39, 0.29) is 17.8 Å². The topological polar surface area (TPSA) is 92.8 Å². The Bertz CT molecular complexity index is 998. The average molecular weight is 377 g/mol. The van der Waals surface area contributed by atoms with Crippen LogP contribution < -0.4 is 10.1 Å². The van der Waals surface area contributed by atoms with Gasteiger partial charge in [-0.15, -0.1) is 0 Å². The Balaban J connectivity index is 1.55. The second-order valence-electron chi connectivity index (χ2n) is 6.23. The highest BCUT2D eigenvalue weighted by atomic mass is 19.4. The van der Waals surface area contributed by atoms with Crippen LogP contribution in [0.4, 0.5) is 19.0 Å². The van der Waals surface area contributed by atoms with Gasteiger partial charge in [-0.05, 0) is 25.0 Å². The van der Waals surface area contributed by atoms with Crippen molar-refractivity contribution >= 4 is 22.6 Å². The first-order valence-corrected chi connectivity index (χ1v) is 8.20. The first kappa shape index (κ1) is 17.3. The minimum absolute atomic E-state index is 0.0455. The number of carbonyl (C=O) groups excluding carboxylic acids is 1. The molecule has 0 atom stereocenters. The quantitative estimate of drug-likeness (QED) is 0.712. The molecular weight excluding hydrogens is 363 g/mol. The highest BCUT2D eigenvalue weighted by Gasteiger charge is 2.30. The van der Waals surface area contributed by atoms with Gasteiger partial charge in [0.15, 0.2) is 6.61 Å². The molecule has 0 saturated heterocycles. The lowest BCUT2D eigenvalue weighted by molar-refractivity contribution is -0.154. The van der Waals surface area contributed by atoms with Crippen molar-refractivity contribution in [3.8, 4) is 17.4 Å². The van der Waals surface area contributed by atoms with Crippen molar-refractivity contribution < 1.29 is 22.7 Å². The van der Waals surface area contributed by atoms with Gasteiger partial charge in [0, 0.05) is 29.8 Å². The molecule has 1 aliphatic carbocycles. The van der Waals surface area contributed by atoms with E-state index in [4.69, 9.17) is 0 Å². The molecule has 1 fully saturated rings. The molecule has 4 rings (SSSR count). The van der Waals surface area contributed by atoms with E-state index >= 15 is 0 Å². The predicted molar refractivity (Wildman–Crippen MR) is 90.0 cm³/mol. The molecular formula is C17H14F3N5O2. The van der Waals surface area contributed by atoms with Crippen LogP contribution in [0.15, 0.2) is 30.6 Å². The molecule has 2 N–H and O–H groups in total. The fourth-order valence-electron chi connectivity index (χ4n) is 2.51. The van der Waals surface area contributed by atoms with E-state index in [9.17, 15) is 18.0 Å². The number of anilines is 1. The molecule has 140 valence electrons. The fourth-order valence-corrected chi connectivity index (χ4v) is 2.51. The fraction of sp³-hybridized carbons (Fsp3) is 0.294. The summed E-state index contributed by atoms with van der Waals surface area (Å²) in [7, 11) is 0. The van der Waals surface area contributed by atoms with Crippen LogP contribution in [-0.2, 0) is 4.79 Å². The Morgan fingerprint density at radius 3 is 2.85 bits per heavy atom. The van der Waals surface area contributed by atoms with E-state index in [1.54, 1.807) is 24.4 Å². The third kappa shape index (κ3) is 4.15. The van der Waals surface area contributed by atoms with E-state index in [0.717, 1.165) is 18.2 Å². The number of halogens is 3. The van der Waals surface area contributed by atoms with Gasteiger partial charge in [0.05, 0.1) is 16.9 Å². The molecule has 0 bridgehead atoms. The molecule has 0 radical (unpaired) electrons. The number of pyridine rings is 1. The van der Waals surface area contributed by atoms with E-state index in [0.29, 0.717) is 22.7 Å². The van der Waals surface area contributed by atoms with Crippen LogP contribution in [0.3, 0.4) is 0 Å². The second kappa shape index (κ2) is 6.53. The van der Waals surface area contributed by atoms with Crippen molar-refractivity contribution in [2.24, 2.45) is 5.92 Å². The van der Waals surface area contributed by atoms with E-state index in [1.807, 2.05) is 0 Å². The van der Waals surface area contributed by atoms with Gasteiger partial charge in [-0.1, -0.05) is 0 Å². The number of carbonyl (C=O) groups is 1. The largest absolute Gasteiger partial charge is 0.454 e. The van der Waals surface area contributed by atoms with Crippen LogP contribution in [-0.4, -0.2) is 38.6 Å². The number of nitrogens with zero attached hydrogens (tertiary/aromatic N) is 3. The minimum Gasteiger partial charge on any atom is -0.454 e. The first-order valence-electron chi connectivity index (χ1n) is 8.20. The zero-order chi connectivity index (χ0) is 19.0. The number of hydrogen-bond donors (Lipinski definition) is 2. The van der Waals surface area contributed by atoms with E-state index < -0.39 is 12.8 Å². The van der Waals surface area contributed by atoms with Crippen molar-refractivity contribution in [2.75, 3.05) is 11.9 Å². The Morgan fingerprint density at radius 1 is 1.30 bits per heavy atom. The Morgan fingerprint density at radius 2 is 2.11 bits per heavy atom. The zero-order valence-electron chi connectivity index (χ0n) is 13.9. The molecule has 0 spiro atoms. The summed E-state index contributed by atoms with van der Waals surface area (Å²) in [5.74, 6) is 0.457. The maximum Gasteiger partial charge on any atom is 0.422 e. The van der Waals surface area contributed by atoms with Crippen molar-refractivity contribution in [3.63, 3.8) is 0 Å². The number of alkyl halides is 3. The molecule has 3 aromatic rings. The summed E-state index contributed by atoms with van der Waals surface area (Å²) < 4.78 is 41.4. The van der Waals surface area contributed by atoms with Crippen molar-refractivity contribution in [2.45, 2.75) is 19.0 Å². The van der Waals surface area contributed by atoms with Crippen LogP contribution in [0.25, 0.3) is 22.3 Å². The number of aromatic nitrogens is 4. The van der Waals surface area contributed by atoms with Gasteiger partial charge in [-0.2, -0.15) is 18.2 Å². The molecule has 3 aromatic heterocycles. The molecule has 1 aliphatic rings. The predicted octanol–water partition coefficient (Wildman–Crippen LogP) is 3.31. The van der Waals surface area contributed by atoms with Crippen LogP contribution in [0.5, 0.6) is 6.01 Å². The summed E-state index contributed by atoms with van der Waals surface area (Å²) in [4.78, 5) is 26.8. The molecule has 1 amide bonds. The smallest absolute Gasteiger partial charge is 0.422 e. The molecule has 27 heavy (non-hydrogen) atoms. The van der Waals surface area contributed by atoms with Crippen LogP contribution >= 0.6 is 0 Å². The number of H-pyrrole nitrogens is 1. The Hall–Kier alpha value is -3.17. The normalized spacial score (nSPS) is 14.3. The molecule has 1 saturated carbocycles. The first-order chi connectivity index (χ1) is 12.9.